The van der Waals surface area contributed by atoms with Gasteiger partial charge in [-0.2, -0.15) is 0 Å². The summed E-state index contributed by atoms with van der Waals surface area (Å²) in [7, 11) is -0.844. The Hall–Kier alpha value is -3.76. The summed E-state index contributed by atoms with van der Waals surface area (Å²) in [6, 6.07) is 37.5. The van der Waals surface area contributed by atoms with Crippen molar-refractivity contribution in [1.29, 1.82) is 0 Å². The zero-order valence-corrected chi connectivity index (χ0v) is 33.2. The molecule has 0 radical (unpaired) electrons. The van der Waals surface area contributed by atoms with Crippen molar-refractivity contribution < 1.29 is 19.5 Å². The van der Waals surface area contributed by atoms with Crippen LogP contribution in [-0.2, 0) is 20.7 Å². The summed E-state index contributed by atoms with van der Waals surface area (Å²) in [5.74, 6) is 0. The number of aliphatic imine (C=N–C) groups is 1. The molecule has 4 saturated heterocycles. The fraction of sp³-hybridized carbons (Fsp3) is 0.432. The van der Waals surface area contributed by atoms with Crippen LogP contribution in [0, 0.1) is 0 Å². The monoisotopic (exact) mass is 730 g/mol. The second-order valence-electron chi connectivity index (χ2n) is 15.0. The van der Waals surface area contributed by atoms with E-state index in [4.69, 9.17) is 20.2 Å². The third-order valence-corrected chi connectivity index (χ3v) is 10.7. The SMILES string of the molecule is CB(O)N1C[C@]2(c3ccc(N)cc3)CC1CO2.CB(O)N1C[C@]2(c3ccc(N=C(c4ccccc4)c4ccccc4)cc3)CC1CO2.CCC.CCCC. The normalized spacial score (nSPS) is 23.6. The first kappa shape index (κ1) is 41.4. The molecule has 4 heterocycles. The van der Waals surface area contributed by atoms with E-state index in [1.165, 1.54) is 19.3 Å². The highest BCUT2D eigenvalue weighted by atomic mass is 16.5. The molecule has 8 nitrogen and oxygen atoms in total. The fourth-order valence-electron chi connectivity index (χ4n) is 7.71. The van der Waals surface area contributed by atoms with Crippen LogP contribution >= 0.6 is 0 Å². The van der Waals surface area contributed by atoms with Crippen LogP contribution in [-0.4, -0.2) is 77.9 Å². The third-order valence-electron chi connectivity index (χ3n) is 10.7. The summed E-state index contributed by atoms with van der Waals surface area (Å²) < 4.78 is 12.1. The first-order valence-electron chi connectivity index (χ1n) is 19.9. The number of rotatable bonds is 8. The molecule has 2 unspecified atom stereocenters. The molecular weight excluding hydrogens is 670 g/mol. The summed E-state index contributed by atoms with van der Waals surface area (Å²) in [6.45, 7) is 15.1. The van der Waals surface area contributed by atoms with Crippen molar-refractivity contribution in [3.63, 3.8) is 0 Å². The summed E-state index contributed by atoms with van der Waals surface area (Å²) in [6.07, 6.45) is 5.78. The van der Waals surface area contributed by atoms with Gasteiger partial charge in [-0.25, -0.2) is 4.99 Å². The van der Waals surface area contributed by atoms with Gasteiger partial charge in [0.1, 0.15) is 11.2 Å². The molecule has 8 rings (SSSR count). The molecule has 0 aromatic heterocycles. The molecule has 0 aliphatic carbocycles. The van der Waals surface area contributed by atoms with Crippen molar-refractivity contribution >= 4 is 31.2 Å². The Balaban J connectivity index is 0.000000196. The van der Waals surface area contributed by atoms with E-state index in [0.717, 1.165) is 65.3 Å². The molecule has 4 aromatic carbocycles. The van der Waals surface area contributed by atoms with Crippen LogP contribution in [0.15, 0.2) is 114 Å². The van der Waals surface area contributed by atoms with Gasteiger partial charge in [0.25, 0.3) is 0 Å². The van der Waals surface area contributed by atoms with Crippen molar-refractivity contribution in [1.82, 2.24) is 9.62 Å². The average molecular weight is 731 g/mol. The number of benzene rings is 4. The Morgan fingerprint density at radius 3 is 1.41 bits per heavy atom. The van der Waals surface area contributed by atoms with Gasteiger partial charge in [0, 0.05) is 42.0 Å². The van der Waals surface area contributed by atoms with Crippen LogP contribution in [0.5, 0.6) is 0 Å². The van der Waals surface area contributed by atoms with Gasteiger partial charge in [-0.3, -0.25) is 0 Å². The molecule has 4 aliphatic rings. The average Bonchev–Trinajstić information content (AvgIpc) is 4.00. The van der Waals surface area contributed by atoms with E-state index >= 15 is 0 Å². The second-order valence-corrected chi connectivity index (χ2v) is 15.0. The lowest BCUT2D eigenvalue weighted by atomic mass is 9.83. The summed E-state index contributed by atoms with van der Waals surface area (Å²) in [5, 5.41) is 19.8. The van der Waals surface area contributed by atoms with E-state index in [0.29, 0.717) is 25.3 Å². The molecule has 10 heteroatoms. The van der Waals surface area contributed by atoms with E-state index < -0.39 is 14.1 Å². The molecule has 0 spiro atoms. The summed E-state index contributed by atoms with van der Waals surface area (Å²) in [5.41, 5.74) is 12.3. The van der Waals surface area contributed by atoms with Gasteiger partial charge in [0.15, 0.2) is 0 Å². The smallest absolute Gasteiger partial charge is 0.376 e. The number of anilines is 1. The standard InChI is InChI=1S/C25H25BN2O2.C12H17BN2O2.C4H10.C3H8/c1-26(29)28-18-25(16-23(28)17-30-25)21-12-14-22(15-13-21)27-24(19-8-4-2-5-9-19)20-10-6-3-7-11-20;1-13(16)15-8-12(6-11(15)7-17-12)9-2-4-10(14)5-3-9;1-3-4-2;1-3-2/h2-15,23,29H,16-18H2,1H3;2-5,11,16H,6-8,14H2,1H3;3-4H2,1-2H3;3H2,1-2H3/t23?,25-;11?,12-;;/m00../s1. The third kappa shape index (κ3) is 9.72. The molecule has 4 aromatic rings. The molecular formula is C44H60B2N4O4. The van der Waals surface area contributed by atoms with Crippen molar-refractivity contribution in [2.24, 2.45) is 4.99 Å². The minimum absolute atomic E-state index is 0.241. The zero-order chi connectivity index (χ0) is 38.7. The Kier molecular flexibility index (Phi) is 14.7. The van der Waals surface area contributed by atoms with Crippen LogP contribution in [0.2, 0.25) is 13.6 Å². The first-order chi connectivity index (χ1) is 26.1. The van der Waals surface area contributed by atoms with Crippen LogP contribution < -0.4 is 5.73 Å². The molecule has 4 fully saturated rings. The van der Waals surface area contributed by atoms with Crippen LogP contribution in [0.3, 0.4) is 0 Å². The lowest BCUT2D eigenvalue weighted by Gasteiger charge is -2.33. The van der Waals surface area contributed by atoms with E-state index in [1.807, 2.05) is 74.3 Å². The molecule has 4 atom stereocenters. The van der Waals surface area contributed by atoms with Crippen molar-refractivity contribution in [3.05, 3.63) is 131 Å². The maximum Gasteiger partial charge on any atom is 0.376 e. The number of fused-ring (bicyclic) bond motifs is 4. The fourth-order valence-corrected chi connectivity index (χ4v) is 7.71. The number of hydrogen-bond donors (Lipinski definition) is 3. The second kappa shape index (κ2) is 19.2. The molecule has 4 aliphatic heterocycles. The molecule has 0 amide bonds. The van der Waals surface area contributed by atoms with Crippen molar-refractivity contribution in [2.75, 3.05) is 32.0 Å². The number of nitrogen functional groups attached to an aromatic ring is 1. The van der Waals surface area contributed by atoms with Crippen LogP contribution in [0.1, 0.15) is 82.1 Å². The predicted molar refractivity (Wildman–Crippen MR) is 225 cm³/mol. The Bertz CT molecular complexity index is 1700. The molecule has 54 heavy (non-hydrogen) atoms. The van der Waals surface area contributed by atoms with Gasteiger partial charge in [-0.1, -0.05) is 132 Å². The summed E-state index contributed by atoms with van der Waals surface area (Å²) in [4.78, 5) is 9.24. The van der Waals surface area contributed by atoms with Crippen molar-refractivity contribution in [2.45, 2.75) is 96.7 Å². The molecule has 4 bridgehead atoms. The number of nitrogens with zero attached hydrogens (tertiary/aromatic N) is 3. The van der Waals surface area contributed by atoms with Gasteiger partial charge in [-0.15, -0.1) is 0 Å². The lowest BCUT2D eigenvalue weighted by Crippen LogP contribution is -2.48. The molecule has 0 saturated carbocycles. The summed E-state index contributed by atoms with van der Waals surface area (Å²) >= 11 is 0. The van der Waals surface area contributed by atoms with E-state index in [-0.39, 0.29) is 11.2 Å². The van der Waals surface area contributed by atoms with Gasteiger partial charge >= 0.3 is 14.1 Å². The van der Waals surface area contributed by atoms with Gasteiger partial charge in [0.05, 0.1) is 24.6 Å². The van der Waals surface area contributed by atoms with E-state index in [2.05, 4.69) is 85.8 Å². The van der Waals surface area contributed by atoms with E-state index in [9.17, 15) is 10.0 Å². The minimum Gasteiger partial charge on any atom is -0.437 e. The van der Waals surface area contributed by atoms with Crippen LogP contribution in [0.25, 0.3) is 0 Å². The number of ether oxygens (including phenoxy) is 2. The maximum absolute atomic E-state index is 10.0. The highest BCUT2D eigenvalue weighted by Gasteiger charge is 2.54. The quantitative estimate of drug-likeness (QED) is 0.0955. The largest absolute Gasteiger partial charge is 0.437 e. The Morgan fingerprint density at radius 2 is 1.06 bits per heavy atom. The number of unbranched alkanes of at least 4 members (excludes halogenated alkanes) is 1. The van der Waals surface area contributed by atoms with Gasteiger partial charge < -0.3 is 34.9 Å². The van der Waals surface area contributed by atoms with Gasteiger partial charge in [-0.05, 0) is 61.9 Å². The number of morpholine rings is 2. The van der Waals surface area contributed by atoms with E-state index in [1.54, 1.807) is 0 Å². The highest BCUT2D eigenvalue weighted by molar-refractivity contribution is 6.45. The lowest BCUT2D eigenvalue weighted by molar-refractivity contribution is -0.0332. The first-order valence-corrected chi connectivity index (χ1v) is 19.9. The van der Waals surface area contributed by atoms with Crippen LogP contribution in [0.4, 0.5) is 11.4 Å². The Morgan fingerprint density at radius 1 is 0.667 bits per heavy atom. The Labute approximate surface area is 324 Å². The zero-order valence-electron chi connectivity index (χ0n) is 33.2. The topological polar surface area (TPSA) is 104 Å². The number of hydrogen-bond acceptors (Lipinski definition) is 8. The predicted octanol–water partition coefficient (Wildman–Crippen LogP) is 8.17. The minimum atomic E-state index is -0.441. The maximum atomic E-state index is 10.0. The molecule has 4 N–H and O–H groups in total. The van der Waals surface area contributed by atoms with Crippen molar-refractivity contribution in [3.8, 4) is 0 Å². The number of nitrogens with two attached hydrogens (primary N) is 1. The highest BCUT2D eigenvalue weighted by Crippen LogP contribution is 2.46. The molecule has 286 valence electrons. The van der Waals surface area contributed by atoms with Gasteiger partial charge in [0.2, 0.25) is 0 Å².